The highest BCUT2D eigenvalue weighted by Gasteiger charge is 2.23. The minimum atomic E-state index is -0.243. The standard InChI is InChI=1S/C25H25N3OS/c29-20-10-13-28(17-20)25-9-8-21(30-14-11-19-6-3-4-12-26-19)16-22(25)24-15-18-5-1-2-7-23(18)27-24/h1-9,12,15-16,20,27,29H,10-11,13-14,17H2. The Kier molecular flexibility index (Phi) is 5.47. The van der Waals surface area contributed by atoms with Crippen molar-refractivity contribution in [2.24, 2.45) is 0 Å². The van der Waals surface area contributed by atoms with Gasteiger partial charge in [0.2, 0.25) is 0 Å². The molecule has 0 bridgehead atoms. The van der Waals surface area contributed by atoms with Gasteiger partial charge in [0.05, 0.1) is 6.10 Å². The van der Waals surface area contributed by atoms with Crippen molar-refractivity contribution in [3.63, 3.8) is 0 Å². The number of aromatic nitrogens is 2. The molecule has 1 unspecified atom stereocenters. The number of nitrogens with one attached hydrogen (secondary N) is 1. The summed E-state index contributed by atoms with van der Waals surface area (Å²) < 4.78 is 0. The zero-order valence-electron chi connectivity index (χ0n) is 16.8. The lowest BCUT2D eigenvalue weighted by Gasteiger charge is -2.22. The molecule has 2 aromatic heterocycles. The van der Waals surface area contributed by atoms with E-state index in [1.807, 2.05) is 30.1 Å². The molecule has 2 aromatic carbocycles. The Hall–Kier alpha value is -2.76. The van der Waals surface area contributed by atoms with Gasteiger partial charge >= 0.3 is 0 Å². The number of hydrogen-bond donors (Lipinski definition) is 2. The Balaban J connectivity index is 1.44. The highest BCUT2D eigenvalue weighted by Crippen LogP contribution is 2.37. The number of aryl methyl sites for hydroxylation is 1. The topological polar surface area (TPSA) is 52.1 Å². The van der Waals surface area contributed by atoms with Gasteiger partial charge in [-0.25, -0.2) is 0 Å². The number of thioether (sulfide) groups is 1. The first kappa shape index (κ1) is 19.2. The van der Waals surface area contributed by atoms with Crippen molar-refractivity contribution < 1.29 is 5.11 Å². The summed E-state index contributed by atoms with van der Waals surface area (Å²) in [5, 5.41) is 11.3. The third-order valence-electron chi connectivity index (χ3n) is 5.65. The normalized spacial score (nSPS) is 16.4. The van der Waals surface area contributed by atoms with Gasteiger partial charge in [-0.3, -0.25) is 4.98 Å². The van der Waals surface area contributed by atoms with E-state index in [1.165, 1.54) is 21.5 Å². The van der Waals surface area contributed by atoms with Gasteiger partial charge in [0.1, 0.15) is 0 Å². The molecule has 4 aromatic rings. The number of para-hydroxylation sites is 1. The maximum absolute atomic E-state index is 10.1. The smallest absolute Gasteiger partial charge is 0.0731 e. The molecular weight excluding hydrogens is 390 g/mol. The molecule has 152 valence electrons. The molecule has 0 spiro atoms. The van der Waals surface area contributed by atoms with Crippen LogP contribution in [0.15, 0.2) is 77.8 Å². The van der Waals surface area contributed by atoms with Gasteiger partial charge in [0, 0.05) is 63.5 Å². The summed E-state index contributed by atoms with van der Waals surface area (Å²) in [5.74, 6) is 0.991. The van der Waals surface area contributed by atoms with Crippen molar-refractivity contribution in [3.05, 3.63) is 78.6 Å². The number of rotatable bonds is 6. The van der Waals surface area contributed by atoms with Crippen molar-refractivity contribution in [2.45, 2.75) is 23.8 Å². The van der Waals surface area contributed by atoms with E-state index >= 15 is 0 Å². The van der Waals surface area contributed by atoms with Crippen LogP contribution in [-0.4, -0.2) is 40.0 Å². The molecule has 5 rings (SSSR count). The van der Waals surface area contributed by atoms with E-state index in [0.29, 0.717) is 6.54 Å². The van der Waals surface area contributed by atoms with Crippen LogP contribution < -0.4 is 4.90 Å². The molecule has 1 fully saturated rings. The maximum atomic E-state index is 10.1. The second-order valence-corrected chi connectivity index (χ2v) is 8.93. The fraction of sp³-hybridized carbons (Fsp3) is 0.240. The first-order chi connectivity index (χ1) is 14.8. The molecule has 4 nitrogen and oxygen atoms in total. The second-order valence-electron chi connectivity index (χ2n) is 7.76. The fourth-order valence-electron chi connectivity index (χ4n) is 4.09. The first-order valence-electron chi connectivity index (χ1n) is 10.4. The predicted octanol–water partition coefficient (Wildman–Crippen LogP) is 5.14. The van der Waals surface area contributed by atoms with E-state index in [1.54, 1.807) is 0 Å². The largest absolute Gasteiger partial charge is 0.391 e. The maximum Gasteiger partial charge on any atom is 0.0731 e. The van der Waals surface area contributed by atoms with Gasteiger partial charge in [0.15, 0.2) is 0 Å². The molecule has 5 heteroatoms. The van der Waals surface area contributed by atoms with Crippen LogP contribution in [0.3, 0.4) is 0 Å². The summed E-state index contributed by atoms with van der Waals surface area (Å²) in [7, 11) is 0. The van der Waals surface area contributed by atoms with Crippen molar-refractivity contribution in [1.29, 1.82) is 0 Å². The molecule has 1 atom stereocenters. The van der Waals surface area contributed by atoms with Crippen LogP contribution in [0.2, 0.25) is 0 Å². The number of hydrogen-bond acceptors (Lipinski definition) is 4. The van der Waals surface area contributed by atoms with Crippen LogP contribution in [0.1, 0.15) is 12.1 Å². The third-order valence-corrected chi connectivity index (χ3v) is 6.64. The molecule has 1 aliphatic heterocycles. The molecule has 1 saturated heterocycles. The van der Waals surface area contributed by atoms with Gasteiger partial charge in [-0.15, -0.1) is 11.8 Å². The summed E-state index contributed by atoms with van der Waals surface area (Å²) >= 11 is 1.86. The monoisotopic (exact) mass is 415 g/mol. The summed E-state index contributed by atoms with van der Waals surface area (Å²) in [6, 6.07) is 23.4. The first-order valence-corrected chi connectivity index (χ1v) is 11.4. The number of β-amino-alcohol motifs (C(OH)–C–C–N with tert-alkyl or cyclic N) is 1. The van der Waals surface area contributed by atoms with E-state index in [-0.39, 0.29) is 6.10 Å². The highest BCUT2D eigenvalue weighted by atomic mass is 32.2. The summed E-state index contributed by atoms with van der Waals surface area (Å²) in [6.07, 6.45) is 3.39. The fourth-order valence-corrected chi connectivity index (χ4v) is 5.01. The molecule has 1 aliphatic rings. The quantitative estimate of drug-likeness (QED) is 0.428. The molecule has 2 N–H and O–H groups in total. The lowest BCUT2D eigenvalue weighted by Crippen LogP contribution is -2.21. The Morgan fingerprint density at radius 1 is 1.07 bits per heavy atom. The van der Waals surface area contributed by atoms with Crippen LogP contribution in [0.25, 0.3) is 22.2 Å². The van der Waals surface area contributed by atoms with E-state index in [2.05, 4.69) is 69.5 Å². The molecule has 0 saturated carbocycles. The number of benzene rings is 2. The van der Waals surface area contributed by atoms with Crippen molar-refractivity contribution >= 4 is 28.4 Å². The zero-order chi connectivity index (χ0) is 20.3. The van der Waals surface area contributed by atoms with Crippen LogP contribution in [0.5, 0.6) is 0 Å². The van der Waals surface area contributed by atoms with Gasteiger partial charge in [-0.05, 0) is 55.3 Å². The van der Waals surface area contributed by atoms with Crippen molar-refractivity contribution in [3.8, 4) is 11.3 Å². The predicted molar refractivity (Wildman–Crippen MR) is 125 cm³/mol. The van der Waals surface area contributed by atoms with E-state index in [4.69, 9.17) is 0 Å². The van der Waals surface area contributed by atoms with Crippen LogP contribution in [0, 0.1) is 0 Å². The number of nitrogens with zero attached hydrogens (tertiary/aromatic N) is 2. The van der Waals surface area contributed by atoms with Crippen LogP contribution in [0.4, 0.5) is 5.69 Å². The number of pyridine rings is 1. The van der Waals surface area contributed by atoms with E-state index < -0.39 is 0 Å². The van der Waals surface area contributed by atoms with Crippen LogP contribution in [-0.2, 0) is 6.42 Å². The van der Waals surface area contributed by atoms with Crippen molar-refractivity contribution in [1.82, 2.24) is 9.97 Å². The zero-order valence-corrected chi connectivity index (χ0v) is 17.6. The average Bonchev–Trinajstić information content (AvgIpc) is 3.40. The number of anilines is 1. The lowest BCUT2D eigenvalue weighted by molar-refractivity contribution is 0.198. The lowest BCUT2D eigenvalue weighted by atomic mass is 10.1. The Morgan fingerprint density at radius 3 is 2.77 bits per heavy atom. The molecule has 30 heavy (non-hydrogen) atoms. The van der Waals surface area contributed by atoms with Crippen LogP contribution >= 0.6 is 11.8 Å². The number of fused-ring (bicyclic) bond motifs is 1. The average molecular weight is 416 g/mol. The number of aliphatic hydroxyl groups is 1. The Morgan fingerprint density at radius 2 is 1.97 bits per heavy atom. The number of aromatic amines is 1. The minimum Gasteiger partial charge on any atom is -0.391 e. The summed E-state index contributed by atoms with van der Waals surface area (Å²) in [6.45, 7) is 1.58. The SMILES string of the molecule is OC1CCN(c2ccc(SCCc3ccccn3)cc2-c2cc3ccccc3[nH]2)C1. The summed E-state index contributed by atoms with van der Waals surface area (Å²) in [4.78, 5) is 11.6. The molecule has 0 radical (unpaired) electrons. The molecule has 0 amide bonds. The van der Waals surface area contributed by atoms with E-state index in [0.717, 1.165) is 42.0 Å². The number of H-pyrrole nitrogens is 1. The second kappa shape index (κ2) is 8.54. The third kappa shape index (κ3) is 4.09. The molecule has 0 aliphatic carbocycles. The van der Waals surface area contributed by atoms with Gasteiger partial charge < -0.3 is 15.0 Å². The molecular formula is C25H25N3OS. The van der Waals surface area contributed by atoms with Gasteiger partial charge in [0.25, 0.3) is 0 Å². The van der Waals surface area contributed by atoms with Gasteiger partial charge in [-0.2, -0.15) is 0 Å². The Bertz CT molecular complexity index is 1110. The Labute approximate surface area is 181 Å². The summed E-state index contributed by atoms with van der Waals surface area (Å²) in [5.41, 5.74) is 5.78. The number of aliphatic hydroxyl groups excluding tert-OH is 1. The minimum absolute atomic E-state index is 0.243. The van der Waals surface area contributed by atoms with E-state index in [9.17, 15) is 5.11 Å². The molecule has 3 heterocycles. The highest BCUT2D eigenvalue weighted by molar-refractivity contribution is 7.99. The van der Waals surface area contributed by atoms with Crippen molar-refractivity contribution in [2.75, 3.05) is 23.7 Å². The van der Waals surface area contributed by atoms with Gasteiger partial charge in [-0.1, -0.05) is 24.3 Å².